The van der Waals surface area contributed by atoms with Gasteiger partial charge in [-0.3, -0.25) is 9.10 Å². The van der Waals surface area contributed by atoms with Gasteiger partial charge in [-0.05, 0) is 49.9 Å². The molecule has 0 aliphatic heterocycles. The van der Waals surface area contributed by atoms with Crippen molar-refractivity contribution in [3.8, 4) is 0 Å². The van der Waals surface area contributed by atoms with Crippen molar-refractivity contribution < 1.29 is 13.2 Å². The average molecular weight is 409 g/mol. The highest BCUT2D eigenvalue weighted by molar-refractivity contribution is 7.92. The Labute approximate surface area is 166 Å². The summed E-state index contributed by atoms with van der Waals surface area (Å²) >= 11 is 6.01. The lowest BCUT2D eigenvalue weighted by molar-refractivity contribution is -0.120. The Balaban J connectivity index is 2.02. The Kier molecular flexibility index (Phi) is 7.27. The van der Waals surface area contributed by atoms with Crippen molar-refractivity contribution in [1.29, 1.82) is 0 Å². The molecule has 0 unspecified atom stereocenters. The summed E-state index contributed by atoms with van der Waals surface area (Å²) in [6.45, 7) is 3.41. The normalized spacial score (nSPS) is 12.4. The molecule has 0 saturated heterocycles. The van der Waals surface area contributed by atoms with E-state index >= 15 is 0 Å². The molecular weight excluding hydrogens is 384 g/mol. The van der Waals surface area contributed by atoms with Crippen molar-refractivity contribution in [2.24, 2.45) is 0 Å². The lowest BCUT2D eigenvalue weighted by Gasteiger charge is -2.25. The Hall–Kier alpha value is -2.05. The molecule has 2 aromatic carbocycles. The van der Waals surface area contributed by atoms with E-state index in [1.165, 1.54) is 5.56 Å². The van der Waals surface area contributed by atoms with Gasteiger partial charge in [0.2, 0.25) is 15.9 Å². The largest absolute Gasteiger partial charge is 0.352 e. The molecule has 0 radical (unpaired) electrons. The molecule has 0 aromatic heterocycles. The van der Waals surface area contributed by atoms with Crippen LogP contribution in [0.15, 0.2) is 48.5 Å². The number of halogens is 1. The van der Waals surface area contributed by atoms with Crippen LogP contribution in [0.25, 0.3) is 0 Å². The highest BCUT2D eigenvalue weighted by Crippen LogP contribution is 2.26. The predicted molar refractivity (Wildman–Crippen MR) is 111 cm³/mol. The van der Waals surface area contributed by atoms with E-state index in [0.717, 1.165) is 29.0 Å². The van der Waals surface area contributed by atoms with Gasteiger partial charge in [0.1, 0.15) is 6.54 Å². The minimum absolute atomic E-state index is 0.0698. The summed E-state index contributed by atoms with van der Waals surface area (Å²) in [7, 11) is -3.63. The summed E-state index contributed by atoms with van der Waals surface area (Å²) in [5.41, 5.74) is 2.35. The molecule has 0 aliphatic rings. The zero-order chi connectivity index (χ0) is 20.0. The Morgan fingerprint density at radius 3 is 2.48 bits per heavy atom. The zero-order valence-corrected chi connectivity index (χ0v) is 17.3. The number of rotatable bonds is 8. The quantitative estimate of drug-likeness (QED) is 0.726. The number of sulfonamides is 1. The molecule has 0 saturated carbocycles. The first-order valence-electron chi connectivity index (χ1n) is 8.74. The van der Waals surface area contributed by atoms with E-state index in [1.807, 2.05) is 37.3 Å². The van der Waals surface area contributed by atoms with Crippen molar-refractivity contribution in [2.45, 2.75) is 32.7 Å². The highest BCUT2D eigenvalue weighted by Gasteiger charge is 2.23. The van der Waals surface area contributed by atoms with Gasteiger partial charge in [0.15, 0.2) is 0 Å². The SMILES string of the molecule is Cc1ccc(Cl)cc1N(CC(=O)N[C@H](C)CCc1ccccc1)S(C)(=O)=O. The number of nitrogens with one attached hydrogen (secondary N) is 1. The van der Waals surface area contributed by atoms with E-state index in [1.54, 1.807) is 25.1 Å². The van der Waals surface area contributed by atoms with Gasteiger partial charge >= 0.3 is 0 Å². The Morgan fingerprint density at radius 1 is 1.19 bits per heavy atom. The number of hydrogen-bond acceptors (Lipinski definition) is 3. The molecule has 0 aliphatic carbocycles. The molecule has 0 fully saturated rings. The van der Waals surface area contributed by atoms with E-state index in [0.29, 0.717) is 10.7 Å². The number of carbonyl (C=O) groups is 1. The van der Waals surface area contributed by atoms with Crippen molar-refractivity contribution in [2.75, 3.05) is 17.1 Å². The molecule has 146 valence electrons. The standard InChI is InChI=1S/C20H25ClN2O3S/c1-15-9-12-18(21)13-19(15)23(27(3,25)26)14-20(24)22-16(2)10-11-17-7-5-4-6-8-17/h4-9,12-13,16H,10-11,14H2,1-3H3,(H,22,24)/t16-/m1/s1. The van der Waals surface area contributed by atoms with Gasteiger partial charge in [0, 0.05) is 11.1 Å². The maximum atomic E-state index is 12.4. The van der Waals surface area contributed by atoms with Crippen LogP contribution < -0.4 is 9.62 Å². The predicted octanol–water partition coefficient (Wildman–Crippen LogP) is 3.55. The van der Waals surface area contributed by atoms with E-state index in [4.69, 9.17) is 11.6 Å². The molecule has 1 N–H and O–H groups in total. The number of hydrogen-bond donors (Lipinski definition) is 1. The van der Waals surface area contributed by atoms with Crippen LogP contribution in [0.1, 0.15) is 24.5 Å². The van der Waals surface area contributed by atoms with Crippen LogP contribution in [-0.2, 0) is 21.2 Å². The molecule has 0 spiro atoms. The van der Waals surface area contributed by atoms with Gasteiger partial charge in [-0.25, -0.2) is 8.42 Å². The number of aryl methyl sites for hydroxylation is 2. The third-order valence-corrected chi connectivity index (χ3v) is 5.61. The van der Waals surface area contributed by atoms with Gasteiger partial charge < -0.3 is 5.32 Å². The first-order chi connectivity index (χ1) is 12.7. The fraction of sp³-hybridized carbons (Fsp3) is 0.350. The number of carbonyl (C=O) groups excluding carboxylic acids is 1. The van der Waals surface area contributed by atoms with Crippen molar-refractivity contribution in [1.82, 2.24) is 5.32 Å². The van der Waals surface area contributed by atoms with Crippen LogP contribution in [0.5, 0.6) is 0 Å². The summed E-state index contributed by atoms with van der Waals surface area (Å²) in [5, 5.41) is 3.30. The number of benzene rings is 2. The summed E-state index contributed by atoms with van der Waals surface area (Å²) in [5.74, 6) is -0.347. The molecule has 2 aromatic rings. The molecular formula is C20H25ClN2O3S. The van der Waals surface area contributed by atoms with Crippen molar-refractivity contribution in [3.05, 3.63) is 64.7 Å². The lowest BCUT2D eigenvalue weighted by atomic mass is 10.1. The lowest BCUT2D eigenvalue weighted by Crippen LogP contribution is -2.43. The van der Waals surface area contributed by atoms with Crippen LogP contribution in [0.4, 0.5) is 5.69 Å². The van der Waals surface area contributed by atoms with Gasteiger partial charge in [-0.2, -0.15) is 0 Å². The molecule has 27 heavy (non-hydrogen) atoms. The third-order valence-electron chi connectivity index (χ3n) is 4.24. The number of nitrogens with zero attached hydrogens (tertiary/aromatic N) is 1. The van der Waals surface area contributed by atoms with Crippen molar-refractivity contribution >= 4 is 33.2 Å². The molecule has 5 nitrogen and oxygen atoms in total. The van der Waals surface area contributed by atoms with Gasteiger partial charge in [0.05, 0.1) is 11.9 Å². The van der Waals surface area contributed by atoms with Crippen LogP contribution in [-0.4, -0.2) is 33.2 Å². The minimum atomic E-state index is -3.63. The third kappa shape index (κ3) is 6.56. The zero-order valence-electron chi connectivity index (χ0n) is 15.8. The van der Waals surface area contributed by atoms with Crippen LogP contribution in [0.3, 0.4) is 0 Å². The molecule has 1 amide bonds. The topological polar surface area (TPSA) is 66.5 Å². The van der Waals surface area contributed by atoms with E-state index in [9.17, 15) is 13.2 Å². The van der Waals surface area contributed by atoms with Crippen molar-refractivity contribution in [3.63, 3.8) is 0 Å². The second-order valence-corrected chi connectivity index (χ2v) is 9.04. The summed E-state index contributed by atoms with van der Waals surface area (Å²) in [4.78, 5) is 12.4. The van der Waals surface area contributed by atoms with Crippen LogP contribution >= 0.6 is 11.6 Å². The number of anilines is 1. The number of amides is 1. The van der Waals surface area contributed by atoms with E-state index in [2.05, 4.69) is 5.32 Å². The van der Waals surface area contributed by atoms with Gasteiger partial charge in [-0.15, -0.1) is 0 Å². The second-order valence-electron chi connectivity index (χ2n) is 6.69. The monoisotopic (exact) mass is 408 g/mol. The maximum absolute atomic E-state index is 12.4. The molecule has 0 heterocycles. The van der Waals surface area contributed by atoms with Crippen LogP contribution in [0.2, 0.25) is 5.02 Å². The van der Waals surface area contributed by atoms with Gasteiger partial charge in [0.25, 0.3) is 0 Å². The van der Waals surface area contributed by atoms with E-state index < -0.39 is 10.0 Å². The summed E-state index contributed by atoms with van der Waals surface area (Å²) < 4.78 is 25.6. The molecule has 1 atom stereocenters. The summed E-state index contributed by atoms with van der Waals surface area (Å²) in [6.07, 6.45) is 2.69. The molecule has 7 heteroatoms. The average Bonchev–Trinajstić information content (AvgIpc) is 2.60. The fourth-order valence-electron chi connectivity index (χ4n) is 2.78. The fourth-order valence-corrected chi connectivity index (χ4v) is 3.86. The maximum Gasteiger partial charge on any atom is 0.240 e. The minimum Gasteiger partial charge on any atom is -0.352 e. The highest BCUT2D eigenvalue weighted by atomic mass is 35.5. The van der Waals surface area contributed by atoms with E-state index in [-0.39, 0.29) is 18.5 Å². The second kappa shape index (κ2) is 9.24. The molecule has 2 rings (SSSR count). The first kappa shape index (κ1) is 21.3. The Bertz CT molecular complexity index is 885. The van der Waals surface area contributed by atoms with Crippen LogP contribution in [0, 0.1) is 6.92 Å². The summed E-state index contributed by atoms with van der Waals surface area (Å²) in [6, 6.07) is 14.9. The smallest absolute Gasteiger partial charge is 0.240 e. The van der Waals surface area contributed by atoms with Gasteiger partial charge in [-0.1, -0.05) is 48.0 Å². The molecule has 0 bridgehead atoms. The Morgan fingerprint density at radius 2 is 1.85 bits per heavy atom. The first-order valence-corrected chi connectivity index (χ1v) is 11.0.